The molecule has 100 valence electrons. The first kappa shape index (κ1) is 15.0. The van der Waals surface area contributed by atoms with Crippen molar-refractivity contribution in [1.29, 1.82) is 0 Å². The molecule has 0 spiro atoms. The second-order valence-electron chi connectivity index (χ2n) is 4.20. The minimum absolute atomic E-state index is 0.0254. The first-order chi connectivity index (χ1) is 8.65. The zero-order valence-electron chi connectivity index (χ0n) is 10.9. The van der Waals surface area contributed by atoms with Crippen LogP contribution in [-0.4, -0.2) is 19.1 Å². The number of hydrogen-bond donors (Lipinski definition) is 1. The second-order valence-corrected chi connectivity index (χ2v) is 4.61. The van der Waals surface area contributed by atoms with Gasteiger partial charge in [-0.15, -0.1) is 0 Å². The maximum atomic E-state index is 11.4. The predicted molar refractivity (Wildman–Crippen MR) is 73.7 cm³/mol. The van der Waals surface area contributed by atoms with Gasteiger partial charge in [-0.25, -0.2) is 0 Å². The van der Waals surface area contributed by atoms with E-state index in [9.17, 15) is 4.79 Å². The number of esters is 1. The number of carbonyl (C=O) groups is 1. The normalized spacial score (nSPS) is 12.2. The second kappa shape index (κ2) is 8.11. The van der Waals surface area contributed by atoms with Crippen molar-refractivity contribution in [2.45, 2.75) is 32.7 Å². The van der Waals surface area contributed by atoms with Gasteiger partial charge < -0.3 is 10.1 Å². The number of ether oxygens (including phenoxy) is 1. The van der Waals surface area contributed by atoms with Gasteiger partial charge in [0, 0.05) is 11.1 Å². The standard InChI is InChI=1S/C14H20ClNO2/c1-3-4-9-18-14(17)10-16-11(2)12-7-5-6-8-13(12)15/h5-8,11,16H,3-4,9-10H2,1-2H3. The van der Waals surface area contributed by atoms with E-state index in [-0.39, 0.29) is 18.6 Å². The summed E-state index contributed by atoms with van der Waals surface area (Å²) in [6.45, 7) is 4.74. The van der Waals surface area contributed by atoms with Crippen molar-refractivity contribution < 1.29 is 9.53 Å². The van der Waals surface area contributed by atoms with Gasteiger partial charge in [0.15, 0.2) is 0 Å². The summed E-state index contributed by atoms with van der Waals surface area (Å²) in [7, 11) is 0. The summed E-state index contributed by atoms with van der Waals surface area (Å²) in [5.41, 5.74) is 0.987. The number of benzene rings is 1. The van der Waals surface area contributed by atoms with Crippen molar-refractivity contribution in [2.24, 2.45) is 0 Å². The molecule has 1 atom stereocenters. The molecule has 1 rings (SSSR count). The molecule has 4 heteroatoms. The molecule has 0 aromatic heterocycles. The molecule has 0 saturated carbocycles. The zero-order chi connectivity index (χ0) is 13.4. The van der Waals surface area contributed by atoms with Crippen LogP contribution in [0.4, 0.5) is 0 Å². The lowest BCUT2D eigenvalue weighted by Gasteiger charge is -2.15. The summed E-state index contributed by atoms with van der Waals surface area (Å²) in [5.74, 6) is -0.220. The summed E-state index contributed by atoms with van der Waals surface area (Å²) in [5, 5.41) is 3.81. The summed E-state index contributed by atoms with van der Waals surface area (Å²) in [4.78, 5) is 11.4. The highest BCUT2D eigenvalue weighted by Crippen LogP contribution is 2.21. The highest BCUT2D eigenvalue weighted by molar-refractivity contribution is 6.31. The van der Waals surface area contributed by atoms with Crippen LogP contribution < -0.4 is 5.32 Å². The van der Waals surface area contributed by atoms with Crippen LogP contribution in [0, 0.1) is 0 Å². The third kappa shape index (κ3) is 5.07. The minimum Gasteiger partial charge on any atom is -0.465 e. The Morgan fingerprint density at radius 2 is 2.17 bits per heavy atom. The summed E-state index contributed by atoms with van der Waals surface area (Å²) >= 11 is 6.08. The van der Waals surface area contributed by atoms with Crippen LogP contribution >= 0.6 is 11.6 Å². The summed E-state index contributed by atoms with van der Waals surface area (Å²) < 4.78 is 5.06. The van der Waals surface area contributed by atoms with Crippen LogP contribution in [0.25, 0.3) is 0 Å². The first-order valence-electron chi connectivity index (χ1n) is 6.28. The fraction of sp³-hybridized carbons (Fsp3) is 0.500. The quantitative estimate of drug-likeness (QED) is 0.609. The molecular weight excluding hydrogens is 250 g/mol. The molecule has 0 bridgehead atoms. The Labute approximate surface area is 113 Å². The lowest BCUT2D eigenvalue weighted by molar-refractivity contribution is -0.142. The van der Waals surface area contributed by atoms with Gasteiger partial charge in [-0.2, -0.15) is 0 Å². The van der Waals surface area contributed by atoms with Crippen molar-refractivity contribution >= 4 is 17.6 Å². The highest BCUT2D eigenvalue weighted by Gasteiger charge is 2.10. The van der Waals surface area contributed by atoms with Gasteiger partial charge in [0.05, 0.1) is 13.2 Å². The Kier molecular flexibility index (Phi) is 6.76. The molecular formula is C14H20ClNO2. The summed E-state index contributed by atoms with van der Waals surface area (Å²) in [6, 6.07) is 7.63. The Bertz CT molecular complexity index is 382. The van der Waals surface area contributed by atoms with Gasteiger partial charge in [0.25, 0.3) is 0 Å². The van der Waals surface area contributed by atoms with Crippen molar-refractivity contribution in [3.8, 4) is 0 Å². The number of unbranched alkanes of at least 4 members (excludes halogenated alkanes) is 1. The number of carbonyl (C=O) groups excluding carboxylic acids is 1. The molecule has 3 nitrogen and oxygen atoms in total. The Morgan fingerprint density at radius 1 is 1.44 bits per heavy atom. The van der Waals surface area contributed by atoms with Gasteiger partial charge in [-0.05, 0) is 25.0 Å². The van der Waals surface area contributed by atoms with E-state index in [1.54, 1.807) is 0 Å². The van der Waals surface area contributed by atoms with Gasteiger partial charge in [0.1, 0.15) is 0 Å². The van der Waals surface area contributed by atoms with E-state index in [4.69, 9.17) is 16.3 Å². The molecule has 0 aliphatic heterocycles. The molecule has 1 aromatic rings. The van der Waals surface area contributed by atoms with Crippen LogP contribution in [0.2, 0.25) is 5.02 Å². The van der Waals surface area contributed by atoms with Crippen molar-refractivity contribution in [3.05, 3.63) is 34.9 Å². The third-order valence-electron chi connectivity index (χ3n) is 2.69. The van der Waals surface area contributed by atoms with E-state index in [1.165, 1.54) is 0 Å². The number of rotatable bonds is 7. The third-order valence-corrected chi connectivity index (χ3v) is 3.03. The minimum atomic E-state index is -0.220. The lowest BCUT2D eigenvalue weighted by atomic mass is 10.1. The SMILES string of the molecule is CCCCOC(=O)CNC(C)c1ccccc1Cl. The fourth-order valence-electron chi connectivity index (χ4n) is 1.55. The Morgan fingerprint density at radius 3 is 2.83 bits per heavy atom. The molecule has 0 amide bonds. The molecule has 0 saturated heterocycles. The maximum Gasteiger partial charge on any atom is 0.319 e. The smallest absolute Gasteiger partial charge is 0.319 e. The summed E-state index contributed by atoms with van der Waals surface area (Å²) in [6.07, 6.45) is 1.93. The molecule has 1 N–H and O–H groups in total. The van der Waals surface area contributed by atoms with E-state index in [0.29, 0.717) is 11.6 Å². The van der Waals surface area contributed by atoms with Crippen molar-refractivity contribution in [1.82, 2.24) is 5.32 Å². The highest BCUT2D eigenvalue weighted by atomic mass is 35.5. The maximum absolute atomic E-state index is 11.4. The zero-order valence-corrected chi connectivity index (χ0v) is 11.7. The van der Waals surface area contributed by atoms with Crippen LogP contribution in [0.3, 0.4) is 0 Å². The van der Waals surface area contributed by atoms with Gasteiger partial charge >= 0.3 is 5.97 Å². The predicted octanol–water partition coefficient (Wildman–Crippen LogP) is 3.33. The molecule has 0 aliphatic carbocycles. The number of hydrogen-bond acceptors (Lipinski definition) is 3. The fourth-order valence-corrected chi connectivity index (χ4v) is 1.85. The van der Waals surface area contributed by atoms with E-state index in [2.05, 4.69) is 12.2 Å². The van der Waals surface area contributed by atoms with Gasteiger partial charge in [0.2, 0.25) is 0 Å². The van der Waals surface area contributed by atoms with Crippen LogP contribution in [-0.2, 0) is 9.53 Å². The largest absolute Gasteiger partial charge is 0.465 e. The van der Waals surface area contributed by atoms with Crippen LogP contribution in [0.5, 0.6) is 0 Å². The van der Waals surface area contributed by atoms with Crippen LogP contribution in [0.1, 0.15) is 38.3 Å². The number of nitrogens with one attached hydrogen (secondary N) is 1. The average molecular weight is 270 g/mol. The number of halogens is 1. The van der Waals surface area contributed by atoms with E-state index in [1.807, 2.05) is 31.2 Å². The van der Waals surface area contributed by atoms with E-state index < -0.39 is 0 Å². The Balaban J connectivity index is 2.35. The van der Waals surface area contributed by atoms with Crippen LogP contribution in [0.15, 0.2) is 24.3 Å². The monoisotopic (exact) mass is 269 g/mol. The van der Waals surface area contributed by atoms with Crippen molar-refractivity contribution in [2.75, 3.05) is 13.2 Å². The molecule has 0 aliphatic rings. The molecule has 1 aromatic carbocycles. The molecule has 0 fully saturated rings. The molecule has 0 radical (unpaired) electrons. The van der Waals surface area contributed by atoms with Crippen molar-refractivity contribution in [3.63, 3.8) is 0 Å². The topological polar surface area (TPSA) is 38.3 Å². The van der Waals surface area contributed by atoms with E-state index >= 15 is 0 Å². The molecule has 0 heterocycles. The molecule has 18 heavy (non-hydrogen) atoms. The van der Waals surface area contributed by atoms with Gasteiger partial charge in [-0.3, -0.25) is 4.79 Å². The molecule has 1 unspecified atom stereocenters. The Hall–Kier alpha value is -1.06. The van der Waals surface area contributed by atoms with Gasteiger partial charge in [-0.1, -0.05) is 43.1 Å². The first-order valence-corrected chi connectivity index (χ1v) is 6.66. The lowest BCUT2D eigenvalue weighted by Crippen LogP contribution is -2.27. The van der Waals surface area contributed by atoms with E-state index in [0.717, 1.165) is 18.4 Å². The average Bonchev–Trinajstić information content (AvgIpc) is 2.37.